The first kappa shape index (κ1) is 14.3. The molecule has 0 aliphatic rings. The number of rotatable bonds is 2. The second-order valence-electron chi connectivity index (χ2n) is 2.45. The van der Waals surface area contributed by atoms with Crippen molar-refractivity contribution < 1.29 is 47.5 Å². The number of non-ortho nitro benzene ring substituents is 1. The van der Waals surface area contributed by atoms with Gasteiger partial charge in [0, 0.05) is 12.1 Å². The molecule has 0 fully saturated rings. The maximum atomic E-state index is 10.7. The molecule has 1 rings (SSSR count). The molecule has 0 amide bonds. The van der Waals surface area contributed by atoms with Crippen molar-refractivity contribution in [1.29, 1.82) is 0 Å². The molecular weight excluding hydrogens is 235 g/mol. The Labute approximate surface area is 107 Å². The summed E-state index contributed by atoms with van der Waals surface area (Å²) in [6.07, 6.45) is 0. The van der Waals surface area contributed by atoms with Gasteiger partial charge in [-0.3, -0.25) is 14.7 Å². The van der Waals surface area contributed by atoms with Crippen LogP contribution in [0.5, 0.6) is 0 Å². The summed E-state index contributed by atoms with van der Waals surface area (Å²) in [4.78, 5) is 8.84. The van der Waals surface area contributed by atoms with Gasteiger partial charge >= 0.3 is 29.6 Å². The molecule has 1 aromatic rings. The van der Waals surface area contributed by atoms with Gasteiger partial charge in [0.15, 0.2) is 0 Å². The molecule has 0 aliphatic carbocycles. The number of nitrogens with zero attached hydrogens (tertiary/aromatic N) is 1. The predicted octanol–water partition coefficient (Wildman–Crippen LogP) is -2.57. The van der Waals surface area contributed by atoms with Crippen LogP contribution in [0, 0.1) is 10.1 Å². The monoisotopic (exact) mass is 241 g/mol. The molecular formula is C6H6N2NaO5S+. The third kappa shape index (κ3) is 3.43. The summed E-state index contributed by atoms with van der Waals surface area (Å²) in [5.74, 6) is 0. The number of anilines is 1. The molecule has 0 heterocycles. The molecule has 0 radical (unpaired) electrons. The minimum atomic E-state index is -4.52. The van der Waals surface area contributed by atoms with Crippen LogP contribution in [-0.2, 0) is 10.1 Å². The van der Waals surface area contributed by atoms with Gasteiger partial charge in [0.1, 0.15) is 4.90 Å². The molecule has 1 aromatic carbocycles. The first-order valence-electron chi connectivity index (χ1n) is 3.34. The summed E-state index contributed by atoms with van der Waals surface area (Å²) in [5, 5.41) is 10.3. The molecule has 9 heteroatoms. The van der Waals surface area contributed by atoms with Gasteiger partial charge in [-0.15, -0.1) is 0 Å². The SMILES string of the molecule is Nc1ccc([N+](=O)[O-])cc1S(=O)(=O)O.[Na+]. The molecule has 0 spiro atoms. The van der Waals surface area contributed by atoms with Crippen molar-refractivity contribution in [3.63, 3.8) is 0 Å². The normalized spacial score (nSPS) is 10.5. The summed E-state index contributed by atoms with van der Waals surface area (Å²) in [6, 6.07) is 2.79. The van der Waals surface area contributed by atoms with Crippen molar-refractivity contribution in [1.82, 2.24) is 0 Å². The summed E-state index contributed by atoms with van der Waals surface area (Å²) in [7, 11) is -4.52. The van der Waals surface area contributed by atoms with Crippen molar-refractivity contribution in [2.24, 2.45) is 0 Å². The smallest absolute Gasteiger partial charge is 0.398 e. The average molecular weight is 241 g/mol. The average Bonchev–Trinajstić information content (AvgIpc) is 2.02. The Kier molecular flexibility index (Phi) is 4.68. The molecule has 0 saturated carbocycles. The van der Waals surface area contributed by atoms with E-state index in [2.05, 4.69) is 0 Å². The number of nitrogens with two attached hydrogens (primary N) is 1. The second kappa shape index (κ2) is 4.90. The fourth-order valence-corrected chi connectivity index (χ4v) is 1.50. The molecule has 76 valence electrons. The number of nitro benzene ring substituents is 1. The van der Waals surface area contributed by atoms with Crippen LogP contribution in [-0.4, -0.2) is 17.9 Å². The molecule has 0 aliphatic heterocycles. The van der Waals surface area contributed by atoms with Gasteiger partial charge in [-0.05, 0) is 6.07 Å². The number of nitro groups is 1. The summed E-state index contributed by atoms with van der Waals surface area (Å²) in [5.41, 5.74) is 4.52. The fraction of sp³-hybridized carbons (Fsp3) is 0. The van der Waals surface area contributed by atoms with Crippen LogP contribution in [0.4, 0.5) is 11.4 Å². The van der Waals surface area contributed by atoms with Gasteiger partial charge in [-0.25, -0.2) is 0 Å². The summed E-state index contributed by atoms with van der Waals surface area (Å²) >= 11 is 0. The zero-order valence-electron chi connectivity index (χ0n) is 7.75. The molecule has 0 atom stereocenters. The number of nitrogen functional groups attached to an aromatic ring is 1. The number of hydrogen-bond acceptors (Lipinski definition) is 5. The standard InChI is InChI=1S/C6H6N2O5S.Na/c7-5-2-1-4(8(9)10)3-6(5)14(11,12)13;/h1-3H,7H2,(H,11,12,13);/q;+1. The number of benzene rings is 1. The minimum Gasteiger partial charge on any atom is -0.398 e. The van der Waals surface area contributed by atoms with Crippen LogP contribution in [0.2, 0.25) is 0 Å². The molecule has 7 nitrogen and oxygen atoms in total. The van der Waals surface area contributed by atoms with E-state index in [1.165, 1.54) is 0 Å². The van der Waals surface area contributed by atoms with Gasteiger partial charge in [0.2, 0.25) is 0 Å². The van der Waals surface area contributed by atoms with Gasteiger partial charge in [0.25, 0.3) is 15.8 Å². The second-order valence-corrected chi connectivity index (χ2v) is 3.84. The van der Waals surface area contributed by atoms with E-state index >= 15 is 0 Å². The van der Waals surface area contributed by atoms with Crippen molar-refractivity contribution in [2.75, 3.05) is 5.73 Å². The Morgan fingerprint density at radius 3 is 2.33 bits per heavy atom. The third-order valence-electron chi connectivity index (χ3n) is 1.49. The maximum Gasteiger partial charge on any atom is 1.00 e. The Bertz CT molecular complexity index is 486. The van der Waals surface area contributed by atoms with E-state index in [9.17, 15) is 18.5 Å². The van der Waals surface area contributed by atoms with E-state index in [1.54, 1.807) is 0 Å². The van der Waals surface area contributed by atoms with E-state index in [4.69, 9.17) is 10.3 Å². The summed E-state index contributed by atoms with van der Waals surface area (Å²) in [6.45, 7) is 0. The zero-order valence-corrected chi connectivity index (χ0v) is 10.6. The van der Waals surface area contributed by atoms with Gasteiger partial charge < -0.3 is 5.73 Å². The van der Waals surface area contributed by atoms with E-state index < -0.39 is 25.6 Å². The molecule has 0 saturated heterocycles. The van der Waals surface area contributed by atoms with Crippen LogP contribution in [0.3, 0.4) is 0 Å². The molecule has 0 bridgehead atoms. The third-order valence-corrected chi connectivity index (χ3v) is 2.40. The minimum absolute atomic E-state index is 0. The fourth-order valence-electron chi connectivity index (χ4n) is 0.860. The first-order chi connectivity index (χ1) is 6.32. The van der Waals surface area contributed by atoms with E-state index in [1.807, 2.05) is 0 Å². The van der Waals surface area contributed by atoms with Crippen LogP contribution in [0.15, 0.2) is 23.1 Å². The van der Waals surface area contributed by atoms with Crippen molar-refractivity contribution >= 4 is 21.5 Å². The Hall–Kier alpha value is -0.670. The largest absolute Gasteiger partial charge is 1.00 e. The van der Waals surface area contributed by atoms with E-state index in [0.717, 1.165) is 12.1 Å². The topological polar surface area (TPSA) is 124 Å². The van der Waals surface area contributed by atoms with Crippen LogP contribution < -0.4 is 35.3 Å². The molecule has 0 unspecified atom stereocenters. The van der Waals surface area contributed by atoms with Crippen LogP contribution in [0.1, 0.15) is 0 Å². The molecule has 0 aromatic heterocycles. The van der Waals surface area contributed by atoms with Crippen LogP contribution >= 0.6 is 0 Å². The number of hydrogen-bond donors (Lipinski definition) is 2. The van der Waals surface area contributed by atoms with Gasteiger partial charge in [0.05, 0.1) is 10.6 Å². The van der Waals surface area contributed by atoms with Crippen molar-refractivity contribution in [3.05, 3.63) is 28.3 Å². The maximum absolute atomic E-state index is 10.7. The predicted molar refractivity (Wildman–Crippen MR) is 47.3 cm³/mol. The quantitative estimate of drug-likeness (QED) is 0.193. The summed E-state index contributed by atoms with van der Waals surface area (Å²) < 4.78 is 30.0. The van der Waals surface area contributed by atoms with Gasteiger partial charge in [-0.2, -0.15) is 8.42 Å². The Morgan fingerprint density at radius 1 is 1.40 bits per heavy atom. The first-order valence-corrected chi connectivity index (χ1v) is 4.78. The van der Waals surface area contributed by atoms with E-state index in [-0.39, 0.29) is 35.2 Å². The van der Waals surface area contributed by atoms with Crippen molar-refractivity contribution in [3.8, 4) is 0 Å². The van der Waals surface area contributed by atoms with E-state index in [0.29, 0.717) is 6.07 Å². The zero-order chi connectivity index (χ0) is 10.9. The Balaban J connectivity index is 0.00000196. The van der Waals surface area contributed by atoms with Gasteiger partial charge in [-0.1, -0.05) is 0 Å². The molecule has 3 N–H and O–H groups in total. The Morgan fingerprint density at radius 2 is 1.93 bits per heavy atom. The van der Waals surface area contributed by atoms with Crippen LogP contribution in [0.25, 0.3) is 0 Å². The van der Waals surface area contributed by atoms with Crippen molar-refractivity contribution in [2.45, 2.75) is 4.90 Å². The molecule has 15 heavy (non-hydrogen) atoms.